The molecule has 8 nitrogen and oxygen atoms in total. The third-order valence-electron chi connectivity index (χ3n) is 5.27. The van der Waals surface area contributed by atoms with Crippen LogP contribution in [-0.4, -0.2) is 25.9 Å². The van der Waals surface area contributed by atoms with E-state index in [1.54, 1.807) is 23.0 Å². The normalized spacial score (nSPS) is 10.8. The van der Waals surface area contributed by atoms with Crippen LogP contribution in [0.5, 0.6) is 0 Å². The summed E-state index contributed by atoms with van der Waals surface area (Å²) < 4.78 is 7.40. The number of benzene rings is 3. The van der Waals surface area contributed by atoms with Gasteiger partial charge in [-0.3, -0.25) is 4.79 Å². The van der Waals surface area contributed by atoms with Gasteiger partial charge in [-0.1, -0.05) is 60.7 Å². The van der Waals surface area contributed by atoms with Crippen molar-refractivity contribution in [3.63, 3.8) is 0 Å². The van der Waals surface area contributed by atoms with Crippen molar-refractivity contribution in [3.8, 4) is 5.69 Å². The number of amides is 1. The molecule has 0 atom stereocenters. The molecule has 0 saturated carbocycles. The Balaban J connectivity index is 1.22. The Hall–Kier alpha value is -4.72. The maximum atomic E-state index is 12.7. The third kappa shape index (κ3) is 4.86. The predicted octanol–water partition coefficient (Wildman–Crippen LogP) is 4.27. The predicted molar refractivity (Wildman–Crippen MR) is 129 cm³/mol. The molecule has 0 fully saturated rings. The molecule has 8 heteroatoms. The van der Waals surface area contributed by atoms with Crippen LogP contribution in [-0.2, 0) is 12.8 Å². The highest BCUT2D eigenvalue weighted by Gasteiger charge is 2.13. The maximum Gasteiger partial charge on any atom is 0.256 e. The van der Waals surface area contributed by atoms with E-state index in [0.717, 1.165) is 16.8 Å². The van der Waals surface area contributed by atoms with Gasteiger partial charge in [0.25, 0.3) is 5.91 Å². The molecule has 5 aromatic rings. The summed E-state index contributed by atoms with van der Waals surface area (Å²) in [6.45, 7) is 0. The molecule has 0 unspecified atom stereocenters. The van der Waals surface area contributed by atoms with E-state index in [2.05, 4.69) is 20.6 Å². The molecule has 1 amide bonds. The van der Waals surface area contributed by atoms with Crippen LogP contribution in [0.4, 0.5) is 11.5 Å². The molecular weight excluding hydrogens is 428 g/mol. The molecule has 0 radical (unpaired) electrons. The third-order valence-corrected chi connectivity index (χ3v) is 5.27. The standard InChI is InChI=1S/C26H22N6O2/c27-22-17-32(21-9-5-2-6-10-21)31-25(22)28-26(33)20-13-11-19(12-14-20)16-24-30-29-23(34-24)15-18-7-3-1-4-8-18/h1-14,17H,15-16,27H2,(H,28,31,33). The molecule has 2 heterocycles. The van der Waals surface area contributed by atoms with Crippen molar-refractivity contribution in [1.29, 1.82) is 0 Å². The Morgan fingerprint density at radius 1 is 0.824 bits per heavy atom. The summed E-state index contributed by atoms with van der Waals surface area (Å²) in [6, 6.07) is 26.7. The highest BCUT2D eigenvalue weighted by Crippen LogP contribution is 2.20. The van der Waals surface area contributed by atoms with Gasteiger partial charge < -0.3 is 15.5 Å². The summed E-state index contributed by atoms with van der Waals surface area (Å²) in [5.41, 5.74) is 9.85. The van der Waals surface area contributed by atoms with Gasteiger partial charge in [0, 0.05) is 5.56 Å². The van der Waals surface area contributed by atoms with E-state index in [1.165, 1.54) is 0 Å². The van der Waals surface area contributed by atoms with Crippen LogP contribution in [0.25, 0.3) is 5.69 Å². The number of hydrogen-bond acceptors (Lipinski definition) is 6. The average molecular weight is 451 g/mol. The molecule has 0 spiro atoms. The number of nitrogen functional groups attached to an aromatic ring is 1. The minimum absolute atomic E-state index is 0.292. The van der Waals surface area contributed by atoms with E-state index in [4.69, 9.17) is 10.2 Å². The van der Waals surface area contributed by atoms with Gasteiger partial charge in [0.2, 0.25) is 11.8 Å². The summed E-state index contributed by atoms with van der Waals surface area (Å²) in [5, 5.41) is 15.4. The maximum absolute atomic E-state index is 12.7. The van der Waals surface area contributed by atoms with Gasteiger partial charge in [-0.25, -0.2) is 4.68 Å². The molecule has 0 bridgehead atoms. The zero-order valence-electron chi connectivity index (χ0n) is 18.3. The van der Waals surface area contributed by atoms with E-state index in [1.807, 2.05) is 72.8 Å². The van der Waals surface area contributed by atoms with Gasteiger partial charge in [0.1, 0.15) is 0 Å². The van der Waals surface area contributed by atoms with Crippen LogP contribution >= 0.6 is 0 Å². The fourth-order valence-corrected chi connectivity index (χ4v) is 3.53. The van der Waals surface area contributed by atoms with E-state index in [0.29, 0.717) is 41.7 Å². The Morgan fingerprint density at radius 2 is 1.41 bits per heavy atom. The van der Waals surface area contributed by atoms with Crippen LogP contribution in [0.15, 0.2) is 95.5 Å². The van der Waals surface area contributed by atoms with Crippen LogP contribution in [0.1, 0.15) is 33.3 Å². The highest BCUT2D eigenvalue weighted by atomic mass is 16.4. The van der Waals surface area contributed by atoms with Crippen molar-refractivity contribution < 1.29 is 9.21 Å². The Kier molecular flexibility index (Phi) is 5.85. The first-order chi connectivity index (χ1) is 16.6. The van der Waals surface area contributed by atoms with Crippen LogP contribution in [0.3, 0.4) is 0 Å². The number of anilines is 2. The lowest BCUT2D eigenvalue weighted by Gasteiger charge is -2.04. The average Bonchev–Trinajstić information content (AvgIpc) is 3.46. The molecule has 0 saturated heterocycles. The van der Waals surface area contributed by atoms with Crippen molar-refractivity contribution >= 4 is 17.4 Å². The smallest absolute Gasteiger partial charge is 0.256 e. The number of nitrogens with two attached hydrogens (primary N) is 1. The fraction of sp³-hybridized carbons (Fsp3) is 0.0769. The second-order valence-corrected chi connectivity index (χ2v) is 7.79. The van der Waals surface area contributed by atoms with Crippen LogP contribution < -0.4 is 11.1 Å². The molecule has 5 rings (SSSR count). The molecule has 168 valence electrons. The van der Waals surface area contributed by atoms with Gasteiger partial charge in [0.05, 0.1) is 30.4 Å². The Morgan fingerprint density at radius 3 is 2.06 bits per heavy atom. The van der Waals surface area contributed by atoms with Crippen LogP contribution in [0.2, 0.25) is 0 Å². The lowest BCUT2D eigenvalue weighted by Crippen LogP contribution is -2.13. The van der Waals surface area contributed by atoms with Gasteiger partial charge in [0.15, 0.2) is 5.82 Å². The minimum Gasteiger partial charge on any atom is -0.425 e. The molecule has 2 aromatic heterocycles. The number of aromatic nitrogens is 4. The van der Waals surface area contributed by atoms with Crippen molar-refractivity contribution in [2.75, 3.05) is 11.1 Å². The van der Waals surface area contributed by atoms with E-state index in [-0.39, 0.29) is 5.91 Å². The van der Waals surface area contributed by atoms with Crippen molar-refractivity contribution in [3.05, 3.63) is 120 Å². The summed E-state index contributed by atoms with van der Waals surface area (Å²) in [5.74, 6) is 1.13. The second-order valence-electron chi connectivity index (χ2n) is 7.79. The summed E-state index contributed by atoms with van der Waals surface area (Å²) in [4.78, 5) is 12.7. The van der Waals surface area contributed by atoms with E-state index in [9.17, 15) is 4.79 Å². The first-order valence-corrected chi connectivity index (χ1v) is 10.8. The highest BCUT2D eigenvalue weighted by molar-refractivity contribution is 6.05. The number of para-hydroxylation sites is 1. The number of hydrogen-bond donors (Lipinski definition) is 2. The summed E-state index contributed by atoms with van der Waals surface area (Å²) in [6.07, 6.45) is 2.75. The number of nitrogens with one attached hydrogen (secondary N) is 1. The minimum atomic E-state index is -0.292. The van der Waals surface area contributed by atoms with E-state index < -0.39 is 0 Å². The lowest BCUT2D eigenvalue weighted by atomic mass is 10.1. The molecular formula is C26H22N6O2. The quantitative estimate of drug-likeness (QED) is 0.383. The number of nitrogens with zero attached hydrogens (tertiary/aromatic N) is 4. The van der Waals surface area contributed by atoms with Crippen molar-refractivity contribution in [1.82, 2.24) is 20.0 Å². The topological polar surface area (TPSA) is 112 Å². The Labute approximate surface area is 196 Å². The van der Waals surface area contributed by atoms with E-state index >= 15 is 0 Å². The zero-order chi connectivity index (χ0) is 23.3. The molecule has 3 aromatic carbocycles. The molecule has 34 heavy (non-hydrogen) atoms. The fourth-order valence-electron chi connectivity index (χ4n) is 3.53. The molecule has 3 N–H and O–H groups in total. The molecule has 0 aliphatic carbocycles. The number of rotatable bonds is 7. The van der Waals surface area contributed by atoms with Gasteiger partial charge in [-0.05, 0) is 35.4 Å². The zero-order valence-corrected chi connectivity index (χ0v) is 18.3. The number of carbonyl (C=O) groups is 1. The monoisotopic (exact) mass is 450 g/mol. The second kappa shape index (κ2) is 9.41. The van der Waals surface area contributed by atoms with Crippen molar-refractivity contribution in [2.45, 2.75) is 12.8 Å². The largest absolute Gasteiger partial charge is 0.425 e. The molecule has 0 aliphatic heterocycles. The first-order valence-electron chi connectivity index (χ1n) is 10.8. The van der Waals surface area contributed by atoms with Gasteiger partial charge >= 0.3 is 0 Å². The Bertz CT molecular complexity index is 1390. The number of carbonyl (C=O) groups excluding carboxylic acids is 1. The lowest BCUT2D eigenvalue weighted by molar-refractivity contribution is 0.102. The molecule has 0 aliphatic rings. The van der Waals surface area contributed by atoms with Crippen molar-refractivity contribution in [2.24, 2.45) is 0 Å². The van der Waals surface area contributed by atoms with Gasteiger partial charge in [-0.2, -0.15) is 0 Å². The summed E-state index contributed by atoms with van der Waals surface area (Å²) >= 11 is 0. The summed E-state index contributed by atoms with van der Waals surface area (Å²) in [7, 11) is 0. The van der Waals surface area contributed by atoms with Gasteiger partial charge in [-0.15, -0.1) is 15.3 Å². The SMILES string of the molecule is Nc1cn(-c2ccccc2)nc1NC(=O)c1ccc(Cc2nnc(Cc3ccccc3)o2)cc1. The first kappa shape index (κ1) is 21.1. The van der Waals surface area contributed by atoms with Crippen LogP contribution in [0, 0.1) is 0 Å².